The Hall–Kier alpha value is -2.71. The molecule has 5 atom stereocenters. The van der Waals surface area contributed by atoms with E-state index in [1.807, 2.05) is 13.8 Å². The quantitative estimate of drug-likeness (QED) is 0.537. The van der Waals surface area contributed by atoms with Crippen LogP contribution >= 0.6 is 0 Å². The highest BCUT2D eigenvalue weighted by molar-refractivity contribution is 6.08. The second kappa shape index (κ2) is 8.97. The fourth-order valence-corrected chi connectivity index (χ4v) is 4.17. The predicted octanol–water partition coefficient (Wildman–Crippen LogP) is 2.29. The Morgan fingerprint density at radius 3 is 2.33 bits per heavy atom. The maximum absolute atomic E-state index is 12.7. The third-order valence-electron chi connectivity index (χ3n) is 6.20. The molecule has 0 aromatic carbocycles. The van der Waals surface area contributed by atoms with E-state index in [0.717, 1.165) is 24.2 Å². The molecule has 2 heterocycles. The van der Waals surface area contributed by atoms with Crippen molar-refractivity contribution in [2.45, 2.75) is 78.0 Å². The van der Waals surface area contributed by atoms with Crippen LogP contribution in [0.25, 0.3) is 0 Å². The zero-order chi connectivity index (χ0) is 22.0. The lowest BCUT2D eigenvalue weighted by atomic mass is 9.81. The molecule has 30 heavy (non-hydrogen) atoms. The van der Waals surface area contributed by atoms with Gasteiger partial charge in [0.05, 0.1) is 24.1 Å². The van der Waals surface area contributed by atoms with Gasteiger partial charge in [0.15, 0.2) is 6.10 Å². The molecule has 1 aromatic heterocycles. The van der Waals surface area contributed by atoms with Crippen molar-refractivity contribution in [1.29, 1.82) is 0 Å². The molecular formula is C21H30N4O5. The van der Waals surface area contributed by atoms with E-state index in [4.69, 9.17) is 4.74 Å². The zero-order valence-corrected chi connectivity index (χ0v) is 18.0. The molecule has 1 N–H and O–H groups in total. The number of esters is 1. The molecule has 0 radical (unpaired) electrons. The molecule has 1 saturated carbocycles. The van der Waals surface area contributed by atoms with Crippen molar-refractivity contribution in [2.24, 2.45) is 11.8 Å². The molecule has 1 saturated heterocycles. The van der Waals surface area contributed by atoms with Gasteiger partial charge in [0.2, 0.25) is 11.8 Å². The van der Waals surface area contributed by atoms with Crippen molar-refractivity contribution in [3.8, 4) is 0 Å². The molecule has 9 heteroatoms. The SMILES string of the molecule is CCC(C)n1nccc1NC(=O)C(C)OC(=O)C(C)N1C(=O)C2CCCCC2C1=O. The third kappa shape index (κ3) is 4.11. The number of hydrogen-bond donors (Lipinski definition) is 1. The summed E-state index contributed by atoms with van der Waals surface area (Å²) in [4.78, 5) is 51.5. The highest BCUT2D eigenvalue weighted by atomic mass is 16.5. The van der Waals surface area contributed by atoms with Gasteiger partial charge < -0.3 is 10.1 Å². The van der Waals surface area contributed by atoms with E-state index in [2.05, 4.69) is 10.4 Å². The standard InChI is InChI=1S/C21H30N4O5/c1-5-12(2)25-17(10-11-22-25)23-18(26)14(4)30-21(29)13(3)24-19(27)15-8-6-7-9-16(15)20(24)28/h10-16H,5-9H2,1-4H3,(H,23,26). The van der Waals surface area contributed by atoms with Crippen molar-refractivity contribution in [2.75, 3.05) is 5.32 Å². The molecule has 2 aliphatic rings. The van der Waals surface area contributed by atoms with Gasteiger partial charge in [-0.25, -0.2) is 9.48 Å². The fraction of sp³-hybridized carbons (Fsp3) is 0.667. The molecule has 0 bridgehead atoms. The highest BCUT2D eigenvalue weighted by Gasteiger charge is 2.51. The van der Waals surface area contributed by atoms with E-state index < -0.39 is 24.0 Å². The minimum Gasteiger partial charge on any atom is -0.451 e. The van der Waals surface area contributed by atoms with E-state index in [9.17, 15) is 19.2 Å². The molecule has 2 fully saturated rings. The van der Waals surface area contributed by atoms with Crippen molar-refractivity contribution < 1.29 is 23.9 Å². The third-order valence-corrected chi connectivity index (χ3v) is 6.20. The van der Waals surface area contributed by atoms with Gasteiger partial charge in [-0.15, -0.1) is 0 Å². The number of ether oxygens (including phenoxy) is 1. The van der Waals surface area contributed by atoms with Crippen LogP contribution in [-0.4, -0.2) is 50.5 Å². The van der Waals surface area contributed by atoms with Gasteiger partial charge >= 0.3 is 5.97 Å². The number of likely N-dealkylation sites (tertiary alicyclic amines) is 1. The van der Waals surface area contributed by atoms with Gasteiger partial charge in [-0.3, -0.25) is 19.3 Å². The monoisotopic (exact) mass is 418 g/mol. The van der Waals surface area contributed by atoms with Crippen molar-refractivity contribution >= 4 is 29.5 Å². The summed E-state index contributed by atoms with van der Waals surface area (Å²) in [6.45, 7) is 6.92. The first-order chi connectivity index (χ1) is 14.3. The van der Waals surface area contributed by atoms with Gasteiger partial charge in [0.1, 0.15) is 11.9 Å². The molecule has 1 aliphatic carbocycles. The van der Waals surface area contributed by atoms with Crippen molar-refractivity contribution in [3.05, 3.63) is 12.3 Å². The largest absolute Gasteiger partial charge is 0.451 e. The van der Waals surface area contributed by atoms with Crippen LogP contribution in [0.15, 0.2) is 12.3 Å². The van der Waals surface area contributed by atoms with Crippen LogP contribution in [0.3, 0.4) is 0 Å². The number of rotatable bonds is 7. The zero-order valence-electron chi connectivity index (χ0n) is 18.0. The number of anilines is 1. The summed E-state index contributed by atoms with van der Waals surface area (Å²) < 4.78 is 6.98. The summed E-state index contributed by atoms with van der Waals surface area (Å²) in [6, 6.07) is 0.713. The lowest BCUT2D eigenvalue weighted by Gasteiger charge is -2.23. The molecule has 1 aliphatic heterocycles. The summed E-state index contributed by atoms with van der Waals surface area (Å²) in [5, 5.41) is 6.92. The Morgan fingerprint density at radius 2 is 1.77 bits per heavy atom. The Morgan fingerprint density at radius 1 is 1.17 bits per heavy atom. The Bertz CT molecular complexity index is 811. The summed E-state index contributed by atoms with van der Waals surface area (Å²) >= 11 is 0. The normalized spacial score (nSPS) is 24.2. The Kier molecular flexibility index (Phi) is 6.58. The number of amides is 3. The van der Waals surface area contributed by atoms with Crippen LogP contribution in [0, 0.1) is 11.8 Å². The first kappa shape index (κ1) is 22.0. The van der Waals surface area contributed by atoms with E-state index in [1.54, 1.807) is 16.9 Å². The molecule has 164 valence electrons. The second-order valence-corrected chi connectivity index (χ2v) is 8.21. The number of carbonyl (C=O) groups is 4. The molecule has 9 nitrogen and oxygen atoms in total. The molecule has 3 amide bonds. The van der Waals surface area contributed by atoms with Crippen LogP contribution in [-0.2, 0) is 23.9 Å². The van der Waals surface area contributed by atoms with Crippen LogP contribution in [0.5, 0.6) is 0 Å². The number of fused-ring (bicyclic) bond motifs is 1. The summed E-state index contributed by atoms with van der Waals surface area (Å²) in [7, 11) is 0. The molecule has 0 spiro atoms. The average molecular weight is 418 g/mol. The Balaban J connectivity index is 1.61. The summed E-state index contributed by atoms with van der Waals surface area (Å²) in [6.07, 6.45) is 4.52. The minimum atomic E-state index is -1.09. The van der Waals surface area contributed by atoms with E-state index in [0.29, 0.717) is 18.7 Å². The van der Waals surface area contributed by atoms with Crippen molar-refractivity contribution in [1.82, 2.24) is 14.7 Å². The minimum absolute atomic E-state index is 0.101. The molecule has 5 unspecified atom stereocenters. The first-order valence-electron chi connectivity index (χ1n) is 10.7. The predicted molar refractivity (Wildman–Crippen MR) is 108 cm³/mol. The van der Waals surface area contributed by atoms with Gasteiger partial charge in [-0.05, 0) is 40.0 Å². The number of aromatic nitrogens is 2. The van der Waals surface area contributed by atoms with Gasteiger partial charge in [0, 0.05) is 6.07 Å². The lowest BCUT2D eigenvalue weighted by molar-refractivity contribution is -0.163. The fourth-order valence-electron chi connectivity index (χ4n) is 4.17. The number of nitrogens with zero attached hydrogens (tertiary/aromatic N) is 3. The maximum Gasteiger partial charge on any atom is 0.329 e. The second-order valence-electron chi connectivity index (χ2n) is 8.21. The van der Waals surface area contributed by atoms with Gasteiger partial charge in [-0.1, -0.05) is 19.8 Å². The molecular weight excluding hydrogens is 388 g/mol. The molecule has 1 aromatic rings. The van der Waals surface area contributed by atoms with Gasteiger partial charge in [0.25, 0.3) is 5.91 Å². The van der Waals surface area contributed by atoms with Gasteiger partial charge in [-0.2, -0.15) is 5.10 Å². The van der Waals surface area contributed by atoms with E-state index in [-0.39, 0.29) is 29.7 Å². The van der Waals surface area contributed by atoms with Crippen LogP contribution in [0.2, 0.25) is 0 Å². The first-order valence-corrected chi connectivity index (χ1v) is 10.7. The summed E-state index contributed by atoms with van der Waals surface area (Å²) in [5.74, 6) is -2.03. The molecule has 3 rings (SSSR count). The van der Waals surface area contributed by atoms with E-state index in [1.165, 1.54) is 13.8 Å². The number of hydrogen-bond acceptors (Lipinski definition) is 6. The smallest absolute Gasteiger partial charge is 0.329 e. The van der Waals surface area contributed by atoms with E-state index >= 15 is 0 Å². The Labute approximate surface area is 176 Å². The highest BCUT2D eigenvalue weighted by Crippen LogP contribution is 2.39. The lowest BCUT2D eigenvalue weighted by Crippen LogP contribution is -2.46. The number of imide groups is 1. The number of nitrogens with one attached hydrogen (secondary N) is 1. The summed E-state index contributed by atoms with van der Waals surface area (Å²) in [5.41, 5.74) is 0. The van der Waals surface area contributed by atoms with Crippen LogP contribution < -0.4 is 5.32 Å². The number of carbonyl (C=O) groups excluding carboxylic acids is 4. The van der Waals surface area contributed by atoms with Crippen LogP contribution in [0.4, 0.5) is 5.82 Å². The van der Waals surface area contributed by atoms with Crippen LogP contribution in [0.1, 0.15) is 65.8 Å². The topological polar surface area (TPSA) is 111 Å². The average Bonchev–Trinajstić information content (AvgIpc) is 3.29. The van der Waals surface area contributed by atoms with Crippen molar-refractivity contribution in [3.63, 3.8) is 0 Å². The maximum atomic E-state index is 12.7.